The van der Waals surface area contributed by atoms with Crippen molar-refractivity contribution in [3.05, 3.63) is 47.9 Å². The molecule has 1 atom stereocenters. The van der Waals surface area contributed by atoms with Gasteiger partial charge in [0.25, 0.3) is 0 Å². The number of nitrogens with zero attached hydrogens (tertiary/aromatic N) is 2. The maximum atomic E-state index is 13.8. The van der Waals surface area contributed by atoms with Crippen molar-refractivity contribution in [3.8, 4) is 11.3 Å². The summed E-state index contributed by atoms with van der Waals surface area (Å²) in [6, 6.07) is 9.22. The largest absolute Gasteiger partial charge is 0.371 e. The first-order valence-electron chi connectivity index (χ1n) is 8.50. The summed E-state index contributed by atoms with van der Waals surface area (Å²) in [6.45, 7) is 5.30. The van der Waals surface area contributed by atoms with Crippen molar-refractivity contribution in [1.82, 2.24) is 4.98 Å². The zero-order valence-corrected chi connectivity index (χ0v) is 14.3. The quantitative estimate of drug-likeness (QED) is 0.835. The summed E-state index contributed by atoms with van der Waals surface area (Å²) in [5, 5.41) is 0. The minimum absolute atomic E-state index is 0.209. The number of piperidine rings is 1. The molecule has 3 nitrogen and oxygen atoms in total. The number of ketones is 1. The third kappa shape index (κ3) is 3.81. The summed E-state index contributed by atoms with van der Waals surface area (Å²) < 4.78 is 13.8. The second-order valence-corrected chi connectivity index (χ2v) is 6.72. The molecule has 0 N–H and O–H groups in total. The number of rotatable bonds is 4. The molecule has 0 aliphatic carbocycles. The molecule has 1 aliphatic heterocycles. The summed E-state index contributed by atoms with van der Waals surface area (Å²) in [5.74, 6) is 0.469. The number of carbonyl (C=O) groups is 1. The van der Waals surface area contributed by atoms with Crippen molar-refractivity contribution in [2.45, 2.75) is 33.1 Å². The highest BCUT2D eigenvalue weighted by atomic mass is 19.1. The van der Waals surface area contributed by atoms with Gasteiger partial charge in [-0.25, -0.2) is 4.39 Å². The molecule has 0 bridgehead atoms. The molecule has 2 aromatic rings. The molecule has 4 heteroatoms. The van der Waals surface area contributed by atoms with E-state index in [-0.39, 0.29) is 11.6 Å². The van der Waals surface area contributed by atoms with Gasteiger partial charge in [-0.05, 0) is 56.4 Å². The zero-order chi connectivity index (χ0) is 17.1. The maximum Gasteiger partial charge on any atom is 0.130 e. The van der Waals surface area contributed by atoms with Crippen LogP contribution in [0.15, 0.2) is 36.5 Å². The second kappa shape index (κ2) is 7.12. The maximum absolute atomic E-state index is 13.8. The first kappa shape index (κ1) is 16.6. The van der Waals surface area contributed by atoms with Crippen LogP contribution >= 0.6 is 0 Å². The van der Waals surface area contributed by atoms with Crippen molar-refractivity contribution in [2.75, 3.05) is 18.0 Å². The predicted octanol–water partition coefficient (Wildman–Crippen LogP) is 4.39. The lowest BCUT2D eigenvalue weighted by Crippen LogP contribution is -2.36. The summed E-state index contributed by atoms with van der Waals surface area (Å²) >= 11 is 0. The Kier molecular flexibility index (Phi) is 4.93. The van der Waals surface area contributed by atoms with Gasteiger partial charge in [0.05, 0.1) is 5.69 Å². The lowest BCUT2D eigenvalue weighted by atomic mass is 9.93. The van der Waals surface area contributed by atoms with E-state index in [0.717, 1.165) is 42.9 Å². The number of benzene rings is 1. The van der Waals surface area contributed by atoms with Gasteiger partial charge in [0.2, 0.25) is 0 Å². The van der Waals surface area contributed by atoms with Gasteiger partial charge in [0, 0.05) is 37.0 Å². The highest BCUT2D eigenvalue weighted by Gasteiger charge is 2.21. The first-order valence-corrected chi connectivity index (χ1v) is 8.50. The second-order valence-electron chi connectivity index (χ2n) is 6.72. The van der Waals surface area contributed by atoms with E-state index in [4.69, 9.17) is 0 Å². The Balaban J connectivity index is 1.82. The fourth-order valence-electron chi connectivity index (χ4n) is 3.40. The van der Waals surface area contributed by atoms with E-state index >= 15 is 0 Å². The molecule has 24 heavy (non-hydrogen) atoms. The summed E-state index contributed by atoms with van der Waals surface area (Å²) in [6.07, 6.45) is 4.63. The molecule has 0 spiro atoms. The lowest BCUT2D eigenvalue weighted by molar-refractivity contribution is -0.117. The number of hydrogen-bond donors (Lipinski definition) is 0. The van der Waals surface area contributed by atoms with E-state index in [1.165, 1.54) is 6.07 Å². The molecular weight excluding hydrogens is 303 g/mol. The topological polar surface area (TPSA) is 33.2 Å². The first-order chi connectivity index (χ1) is 11.5. The average Bonchev–Trinajstić information content (AvgIpc) is 2.57. The molecule has 1 saturated heterocycles. The van der Waals surface area contributed by atoms with Crippen LogP contribution < -0.4 is 4.90 Å². The Labute approximate surface area is 142 Å². The highest BCUT2D eigenvalue weighted by Crippen LogP contribution is 2.28. The van der Waals surface area contributed by atoms with Gasteiger partial charge < -0.3 is 9.69 Å². The van der Waals surface area contributed by atoms with Crippen molar-refractivity contribution in [1.29, 1.82) is 0 Å². The SMILES string of the molecule is CC(=O)CC1CCCN(c2ccnc(-c3ccc(C)c(F)c3)c2)C1. The van der Waals surface area contributed by atoms with Gasteiger partial charge in [-0.2, -0.15) is 0 Å². The number of Topliss-reactive ketones (excluding diaryl/α,β-unsaturated/α-hetero) is 1. The number of aromatic nitrogens is 1. The zero-order valence-electron chi connectivity index (χ0n) is 14.3. The number of carbonyl (C=O) groups excluding carboxylic acids is 1. The summed E-state index contributed by atoms with van der Waals surface area (Å²) in [7, 11) is 0. The van der Waals surface area contributed by atoms with E-state index in [9.17, 15) is 9.18 Å². The van der Waals surface area contributed by atoms with Gasteiger partial charge in [0.15, 0.2) is 0 Å². The molecule has 1 fully saturated rings. The minimum Gasteiger partial charge on any atom is -0.371 e. The van der Waals surface area contributed by atoms with Crippen molar-refractivity contribution < 1.29 is 9.18 Å². The molecule has 0 saturated carbocycles. The van der Waals surface area contributed by atoms with Crippen LogP contribution in [0.1, 0.15) is 31.7 Å². The van der Waals surface area contributed by atoms with Crippen LogP contribution in [0.4, 0.5) is 10.1 Å². The minimum atomic E-state index is -0.209. The van der Waals surface area contributed by atoms with E-state index in [1.54, 1.807) is 26.1 Å². The normalized spacial score (nSPS) is 17.8. The fraction of sp³-hybridized carbons (Fsp3) is 0.400. The van der Waals surface area contributed by atoms with Crippen LogP contribution in [0.25, 0.3) is 11.3 Å². The van der Waals surface area contributed by atoms with Crippen molar-refractivity contribution in [2.24, 2.45) is 5.92 Å². The predicted molar refractivity (Wildman–Crippen MR) is 94.6 cm³/mol. The van der Waals surface area contributed by atoms with Crippen LogP contribution in [0.2, 0.25) is 0 Å². The lowest BCUT2D eigenvalue weighted by Gasteiger charge is -2.34. The van der Waals surface area contributed by atoms with E-state index in [0.29, 0.717) is 17.9 Å². The Morgan fingerprint density at radius 1 is 1.33 bits per heavy atom. The van der Waals surface area contributed by atoms with Gasteiger partial charge in [0.1, 0.15) is 11.6 Å². The molecule has 126 valence electrons. The Bertz CT molecular complexity index is 744. The molecule has 0 amide bonds. The average molecular weight is 326 g/mol. The molecule has 2 heterocycles. The molecule has 1 aliphatic rings. The number of anilines is 1. The molecule has 1 aromatic carbocycles. The molecule has 1 aromatic heterocycles. The highest BCUT2D eigenvalue weighted by molar-refractivity contribution is 5.75. The number of halogens is 1. The Morgan fingerprint density at radius 3 is 2.92 bits per heavy atom. The monoisotopic (exact) mass is 326 g/mol. The van der Waals surface area contributed by atoms with Gasteiger partial charge in [-0.3, -0.25) is 4.98 Å². The number of pyridine rings is 1. The van der Waals surface area contributed by atoms with Crippen LogP contribution in [-0.2, 0) is 4.79 Å². The third-order valence-electron chi connectivity index (χ3n) is 4.67. The number of hydrogen-bond acceptors (Lipinski definition) is 3. The standard InChI is InChI=1S/C20H23FN2O/c1-14-5-6-17(11-19(14)21)20-12-18(7-8-22-20)23-9-3-4-16(13-23)10-15(2)24/h5-8,11-12,16H,3-4,9-10,13H2,1-2H3. The van der Waals surface area contributed by atoms with Crippen molar-refractivity contribution in [3.63, 3.8) is 0 Å². The number of aryl methyl sites for hydroxylation is 1. The smallest absolute Gasteiger partial charge is 0.130 e. The Morgan fingerprint density at radius 2 is 2.17 bits per heavy atom. The van der Waals surface area contributed by atoms with E-state index in [1.807, 2.05) is 18.2 Å². The van der Waals surface area contributed by atoms with Crippen LogP contribution in [0.3, 0.4) is 0 Å². The van der Waals surface area contributed by atoms with Gasteiger partial charge in [-0.1, -0.05) is 12.1 Å². The van der Waals surface area contributed by atoms with Crippen LogP contribution in [0, 0.1) is 18.7 Å². The van der Waals surface area contributed by atoms with Crippen LogP contribution in [0.5, 0.6) is 0 Å². The molecule has 3 rings (SSSR count). The Hall–Kier alpha value is -2.23. The van der Waals surface area contributed by atoms with Crippen LogP contribution in [-0.4, -0.2) is 23.9 Å². The summed E-state index contributed by atoms with van der Waals surface area (Å²) in [5.41, 5.74) is 3.30. The van der Waals surface area contributed by atoms with E-state index < -0.39 is 0 Å². The van der Waals surface area contributed by atoms with Gasteiger partial charge >= 0.3 is 0 Å². The molecule has 0 radical (unpaired) electrons. The third-order valence-corrected chi connectivity index (χ3v) is 4.67. The summed E-state index contributed by atoms with van der Waals surface area (Å²) in [4.78, 5) is 18.1. The van der Waals surface area contributed by atoms with Gasteiger partial charge in [-0.15, -0.1) is 0 Å². The fourth-order valence-corrected chi connectivity index (χ4v) is 3.40. The van der Waals surface area contributed by atoms with Crippen molar-refractivity contribution >= 4 is 11.5 Å². The molecule has 1 unspecified atom stereocenters. The van der Waals surface area contributed by atoms with E-state index in [2.05, 4.69) is 9.88 Å². The molecular formula is C20H23FN2O.